The number of hydrogen-bond acceptors (Lipinski definition) is 3. The van der Waals surface area contributed by atoms with Gasteiger partial charge >= 0.3 is 0 Å². The molecule has 0 aromatic rings. The molecule has 1 rings (SSSR count). The summed E-state index contributed by atoms with van der Waals surface area (Å²) in [5, 5.41) is 12.3. The van der Waals surface area contributed by atoms with E-state index in [1.54, 1.807) is 13.8 Å². The van der Waals surface area contributed by atoms with Crippen LogP contribution in [0.3, 0.4) is 0 Å². The zero-order valence-corrected chi connectivity index (χ0v) is 10.4. The van der Waals surface area contributed by atoms with E-state index >= 15 is 0 Å². The Morgan fingerprint density at radius 1 is 1.38 bits per heavy atom. The van der Waals surface area contributed by atoms with Crippen molar-refractivity contribution >= 4 is 5.91 Å². The third-order valence-corrected chi connectivity index (χ3v) is 3.46. The average Bonchev–Trinajstić information content (AvgIpc) is 2.26. The fourth-order valence-corrected chi connectivity index (χ4v) is 2.19. The van der Waals surface area contributed by atoms with Gasteiger partial charge in [0.25, 0.3) is 0 Å². The van der Waals surface area contributed by atoms with Gasteiger partial charge in [-0.25, -0.2) is 0 Å². The van der Waals surface area contributed by atoms with Crippen molar-refractivity contribution in [3.8, 4) is 0 Å². The van der Waals surface area contributed by atoms with Gasteiger partial charge in [-0.15, -0.1) is 0 Å². The summed E-state index contributed by atoms with van der Waals surface area (Å²) in [7, 11) is 0. The highest BCUT2D eigenvalue weighted by Gasteiger charge is 2.33. The lowest BCUT2D eigenvalue weighted by Gasteiger charge is -2.36. The summed E-state index contributed by atoms with van der Waals surface area (Å²) in [6.45, 7) is 4.07. The topological polar surface area (TPSA) is 75.4 Å². The third kappa shape index (κ3) is 3.46. The Labute approximate surface area is 97.6 Å². The van der Waals surface area contributed by atoms with E-state index in [-0.39, 0.29) is 17.9 Å². The van der Waals surface area contributed by atoms with Gasteiger partial charge in [-0.05, 0) is 26.7 Å². The molecule has 0 radical (unpaired) electrons. The van der Waals surface area contributed by atoms with Gasteiger partial charge in [-0.1, -0.05) is 19.3 Å². The van der Waals surface area contributed by atoms with Crippen molar-refractivity contribution in [3.05, 3.63) is 0 Å². The molecule has 1 fully saturated rings. The molecule has 0 aliphatic heterocycles. The molecule has 0 heterocycles. The van der Waals surface area contributed by atoms with Gasteiger partial charge in [0.15, 0.2) is 0 Å². The molecule has 1 amide bonds. The number of carbonyl (C=O) groups is 1. The van der Waals surface area contributed by atoms with E-state index in [0.717, 1.165) is 25.7 Å². The Balaban J connectivity index is 2.48. The lowest BCUT2D eigenvalue weighted by molar-refractivity contribution is -0.126. The lowest BCUT2D eigenvalue weighted by Crippen LogP contribution is -2.52. The minimum atomic E-state index is -0.842. The van der Waals surface area contributed by atoms with Gasteiger partial charge in [0.05, 0.1) is 12.1 Å². The molecule has 0 spiro atoms. The normalized spacial score (nSPS) is 20.5. The van der Waals surface area contributed by atoms with Gasteiger partial charge in [0.1, 0.15) is 0 Å². The molecular weight excluding hydrogens is 204 g/mol. The Hall–Kier alpha value is -0.610. The molecule has 4 nitrogen and oxygen atoms in total. The van der Waals surface area contributed by atoms with Crippen molar-refractivity contribution in [2.75, 3.05) is 13.2 Å². The van der Waals surface area contributed by atoms with E-state index < -0.39 is 5.54 Å². The molecule has 94 valence electrons. The van der Waals surface area contributed by atoms with Crippen LogP contribution in [0, 0.1) is 5.41 Å². The van der Waals surface area contributed by atoms with Gasteiger partial charge in [0.2, 0.25) is 5.91 Å². The lowest BCUT2D eigenvalue weighted by atomic mass is 9.74. The SMILES string of the molecule is CC(C)(N)C(=O)NCC1(CO)CCCCC1. The summed E-state index contributed by atoms with van der Waals surface area (Å²) < 4.78 is 0. The van der Waals surface area contributed by atoms with Crippen LogP contribution in [0.1, 0.15) is 46.0 Å². The van der Waals surface area contributed by atoms with Gasteiger partial charge in [-0.3, -0.25) is 4.79 Å². The Bertz CT molecular complexity index is 240. The van der Waals surface area contributed by atoms with Crippen LogP contribution < -0.4 is 11.1 Å². The number of nitrogens with two attached hydrogens (primary N) is 1. The fraction of sp³-hybridized carbons (Fsp3) is 0.917. The van der Waals surface area contributed by atoms with Gasteiger partial charge in [-0.2, -0.15) is 0 Å². The smallest absolute Gasteiger partial charge is 0.239 e. The van der Waals surface area contributed by atoms with E-state index in [9.17, 15) is 9.90 Å². The van der Waals surface area contributed by atoms with Crippen molar-refractivity contribution in [1.29, 1.82) is 0 Å². The molecule has 0 atom stereocenters. The van der Waals surface area contributed by atoms with Crippen molar-refractivity contribution in [3.63, 3.8) is 0 Å². The van der Waals surface area contributed by atoms with Crippen molar-refractivity contribution in [2.45, 2.75) is 51.5 Å². The molecule has 0 aromatic carbocycles. The second kappa shape index (κ2) is 5.15. The van der Waals surface area contributed by atoms with Crippen LogP contribution in [0.5, 0.6) is 0 Å². The largest absolute Gasteiger partial charge is 0.396 e. The summed E-state index contributed by atoms with van der Waals surface area (Å²) in [4.78, 5) is 11.6. The zero-order chi connectivity index (χ0) is 12.2. The predicted molar refractivity (Wildman–Crippen MR) is 63.9 cm³/mol. The molecule has 1 aliphatic rings. The maximum Gasteiger partial charge on any atom is 0.239 e. The summed E-state index contributed by atoms with van der Waals surface area (Å²) >= 11 is 0. The van der Waals surface area contributed by atoms with Crippen LogP contribution in [0.4, 0.5) is 0 Å². The van der Waals surface area contributed by atoms with Crippen LogP contribution in [0.15, 0.2) is 0 Å². The molecule has 0 saturated heterocycles. The van der Waals surface area contributed by atoms with Gasteiger partial charge < -0.3 is 16.2 Å². The molecule has 4 N–H and O–H groups in total. The molecule has 1 aliphatic carbocycles. The van der Waals surface area contributed by atoms with Crippen LogP contribution in [0.2, 0.25) is 0 Å². The van der Waals surface area contributed by atoms with Crippen molar-refractivity contribution in [2.24, 2.45) is 11.1 Å². The Morgan fingerprint density at radius 2 is 1.94 bits per heavy atom. The summed E-state index contributed by atoms with van der Waals surface area (Å²) in [5.41, 5.74) is 4.75. The van der Waals surface area contributed by atoms with Crippen molar-refractivity contribution in [1.82, 2.24) is 5.32 Å². The summed E-state index contributed by atoms with van der Waals surface area (Å²) in [5.74, 6) is -0.147. The van der Waals surface area contributed by atoms with E-state index in [2.05, 4.69) is 5.32 Å². The fourth-order valence-electron chi connectivity index (χ4n) is 2.19. The third-order valence-electron chi connectivity index (χ3n) is 3.46. The number of aliphatic hydroxyl groups excluding tert-OH is 1. The first-order valence-electron chi connectivity index (χ1n) is 6.08. The summed E-state index contributed by atoms with van der Waals surface area (Å²) in [6.07, 6.45) is 5.51. The van der Waals surface area contributed by atoms with Crippen LogP contribution in [-0.2, 0) is 4.79 Å². The number of amides is 1. The minimum absolute atomic E-state index is 0.112. The number of rotatable bonds is 4. The van der Waals surface area contributed by atoms with E-state index in [1.165, 1.54) is 6.42 Å². The number of aliphatic hydroxyl groups is 1. The number of hydrogen-bond donors (Lipinski definition) is 3. The highest BCUT2D eigenvalue weighted by molar-refractivity contribution is 5.85. The van der Waals surface area contributed by atoms with E-state index in [1.807, 2.05) is 0 Å². The number of carbonyl (C=O) groups excluding carboxylic acids is 1. The van der Waals surface area contributed by atoms with E-state index in [0.29, 0.717) is 6.54 Å². The van der Waals surface area contributed by atoms with E-state index in [4.69, 9.17) is 5.73 Å². The molecule has 4 heteroatoms. The second-order valence-electron chi connectivity index (χ2n) is 5.62. The molecule has 1 saturated carbocycles. The molecular formula is C12H24N2O2. The Morgan fingerprint density at radius 3 is 2.38 bits per heavy atom. The molecule has 16 heavy (non-hydrogen) atoms. The minimum Gasteiger partial charge on any atom is -0.396 e. The Kier molecular flexibility index (Phi) is 4.33. The highest BCUT2D eigenvalue weighted by Crippen LogP contribution is 2.35. The van der Waals surface area contributed by atoms with Crippen LogP contribution in [-0.4, -0.2) is 29.7 Å². The monoisotopic (exact) mass is 228 g/mol. The average molecular weight is 228 g/mol. The first-order valence-corrected chi connectivity index (χ1v) is 6.08. The zero-order valence-electron chi connectivity index (χ0n) is 10.4. The first-order chi connectivity index (χ1) is 7.40. The maximum atomic E-state index is 11.6. The predicted octanol–water partition coefficient (Wildman–Crippen LogP) is 0.783. The van der Waals surface area contributed by atoms with Crippen LogP contribution in [0.25, 0.3) is 0 Å². The molecule has 0 aromatic heterocycles. The molecule has 0 unspecified atom stereocenters. The summed E-state index contributed by atoms with van der Waals surface area (Å²) in [6, 6.07) is 0. The standard InChI is InChI=1S/C12H24N2O2/c1-11(2,13)10(16)14-8-12(9-15)6-4-3-5-7-12/h15H,3-9,13H2,1-2H3,(H,14,16). The quantitative estimate of drug-likeness (QED) is 0.665. The van der Waals surface area contributed by atoms with Crippen molar-refractivity contribution < 1.29 is 9.90 Å². The highest BCUT2D eigenvalue weighted by atomic mass is 16.3. The second-order valence-corrected chi connectivity index (χ2v) is 5.62. The molecule has 0 bridgehead atoms. The maximum absolute atomic E-state index is 11.6. The number of nitrogens with one attached hydrogen (secondary N) is 1. The van der Waals surface area contributed by atoms with Crippen LogP contribution >= 0.6 is 0 Å². The first kappa shape index (κ1) is 13.5. The van der Waals surface area contributed by atoms with Gasteiger partial charge in [0, 0.05) is 12.0 Å².